The molecule has 0 bridgehead atoms. The van der Waals surface area contributed by atoms with Crippen molar-refractivity contribution >= 4 is 18.3 Å². The summed E-state index contributed by atoms with van der Waals surface area (Å²) in [5, 5.41) is 3.42. The summed E-state index contributed by atoms with van der Waals surface area (Å²) in [7, 11) is 0. The summed E-state index contributed by atoms with van der Waals surface area (Å²) in [6.45, 7) is 6.49. The Labute approximate surface area is 155 Å². The Hall–Kier alpha value is -1.18. The van der Waals surface area contributed by atoms with Crippen LogP contribution in [0.2, 0.25) is 0 Å². The maximum atomic E-state index is 12.9. The number of amides is 1. The number of hydrazine groups is 1. The fourth-order valence-corrected chi connectivity index (χ4v) is 4.13. The Morgan fingerprint density at radius 2 is 1.84 bits per heavy atom. The molecule has 0 aliphatic carbocycles. The molecule has 3 N–H and O–H groups in total. The van der Waals surface area contributed by atoms with Crippen molar-refractivity contribution in [2.24, 2.45) is 5.92 Å². The highest BCUT2D eigenvalue weighted by molar-refractivity contribution is 5.85. The number of carbonyl (C=O) groups excluding carboxylic acids is 1. The molecule has 138 valence electrons. The molecule has 7 heteroatoms. The minimum atomic E-state index is -0.0801. The molecule has 0 spiro atoms. The van der Waals surface area contributed by atoms with E-state index >= 15 is 0 Å². The predicted octanol–water partition coefficient (Wildman–Crippen LogP) is 0.207. The molecule has 1 aromatic carbocycles. The molecular weight excluding hydrogens is 338 g/mol. The van der Waals surface area contributed by atoms with Crippen molar-refractivity contribution in [2.75, 3.05) is 39.3 Å². The highest BCUT2D eigenvalue weighted by Crippen LogP contribution is 2.22. The molecule has 0 radical (unpaired) electrons. The van der Waals surface area contributed by atoms with Gasteiger partial charge in [-0.15, -0.1) is 12.4 Å². The number of halogens is 1. The Morgan fingerprint density at radius 1 is 1.08 bits per heavy atom. The lowest BCUT2D eigenvalue weighted by atomic mass is 9.89. The lowest BCUT2D eigenvalue weighted by Gasteiger charge is -2.37. The van der Waals surface area contributed by atoms with Gasteiger partial charge in [-0.3, -0.25) is 15.1 Å². The van der Waals surface area contributed by atoms with Crippen molar-refractivity contribution in [3.05, 3.63) is 35.9 Å². The van der Waals surface area contributed by atoms with Gasteiger partial charge in [-0.25, -0.2) is 5.43 Å². The first-order valence-electron chi connectivity index (χ1n) is 9.08. The second-order valence-electron chi connectivity index (χ2n) is 7.12. The van der Waals surface area contributed by atoms with E-state index in [-0.39, 0.29) is 24.4 Å². The number of fused-ring (bicyclic) bond motifs is 1. The zero-order valence-corrected chi connectivity index (χ0v) is 15.3. The summed E-state index contributed by atoms with van der Waals surface area (Å²) in [4.78, 5) is 17.4. The molecule has 3 aliphatic rings. The van der Waals surface area contributed by atoms with E-state index in [0.29, 0.717) is 12.0 Å². The van der Waals surface area contributed by atoms with Gasteiger partial charge in [0.1, 0.15) is 6.04 Å². The third-order valence-corrected chi connectivity index (χ3v) is 5.58. The Balaban J connectivity index is 0.00000182. The van der Waals surface area contributed by atoms with E-state index in [9.17, 15) is 4.79 Å². The van der Waals surface area contributed by atoms with Crippen LogP contribution in [0.5, 0.6) is 0 Å². The highest BCUT2D eigenvalue weighted by Gasteiger charge is 2.42. The van der Waals surface area contributed by atoms with Crippen LogP contribution in [0.25, 0.3) is 0 Å². The fourth-order valence-electron chi connectivity index (χ4n) is 4.13. The molecule has 3 fully saturated rings. The van der Waals surface area contributed by atoms with Crippen molar-refractivity contribution in [2.45, 2.75) is 25.0 Å². The predicted molar refractivity (Wildman–Crippen MR) is 100 cm³/mol. The number of benzene rings is 1. The molecule has 4 rings (SSSR count). The minimum absolute atomic E-state index is 0. The zero-order chi connectivity index (χ0) is 16.4. The molecule has 1 amide bonds. The summed E-state index contributed by atoms with van der Waals surface area (Å²) in [6.07, 6.45) is 1.09. The van der Waals surface area contributed by atoms with Crippen LogP contribution in [-0.4, -0.2) is 67.1 Å². The van der Waals surface area contributed by atoms with E-state index in [4.69, 9.17) is 0 Å². The van der Waals surface area contributed by atoms with Crippen LogP contribution in [-0.2, 0) is 11.3 Å². The summed E-state index contributed by atoms with van der Waals surface area (Å²) >= 11 is 0. The number of rotatable bonds is 3. The largest absolute Gasteiger partial charge is 0.339 e. The first-order valence-corrected chi connectivity index (χ1v) is 9.08. The van der Waals surface area contributed by atoms with Gasteiger partial charge in [0.15, 0.2) is 0 Å². The van der Waals surface area contributed by atoms with Crippen molar-refractivity contribution in [3.63, 3.8) is 0 Å². The second-order valence-corrected chi connectivity index (χ2v) is 7.12. The van der Waals surface area contributed by atoms with E-state index in [1.807, 2.05) is 4.90 Å². The minimum Gasteiger partial charge on any atom is -0.339 e. The van der Waals surface area contributed by atoms with Crippen LogP contribution in [0.4, 0.5) is 0 Å². The Kier molecular flexibility index (Phi) is 6.30. The molecule has 3 heterocycles. The van der Waals surface area contributed by atoms with Gasteiger partial charge in [0.2, 0.25) is 5.91 Å². The summed E-state index contributed by atoms with van der Waals surface area (Å²) < 4.78 is 0. The van der Waals surface area contributed by atoms with E-state index in [1.54, 1.807) is 0 Å². The topological polar surface area (TPSA) is 59.6 Å². The van der Waals surface area contributed by atoms with Gasteiger partial charge in [0.25, 0.3) is 0 Å². The van der Waals surface area contributed by atoms with Crippen LogP contribution >= 0.6 is 12.4 Å². The van der Waals surface area contributed by atoms with E-state index in [2.05, 4.69) is 51.4 Å². The monoisotopic (exact) mass is 365 g/mol. The standard InChI is InChI=1S/C18H27N5O.ClH/c24-18(17-15-12-19-7-6-16(15)20-21-17)23-10-8-22(9-11-23)13-14-4-2-1-3-5-14;/h1-5,15-17,19-21H,6-13H2;1H. The number of piperazine rings is 1. The number of hydrogen-bond donors (Lipinski definition) is 3. The number of nitrogens with zero attached hydrogens (tertiary/aromatic N) is 2. The number of carbonyl (C=O) groups is 1. The quantitative estimate of drug-likeness (QED) is 0.714. The average molecular weight is 366 g/mol. The van der Waals surface area contributed by atoms with Gasteiger partial charge >= 0.3 is 0 Å². The van der Waals surface area contributed by atoms with Crippen LogP contribution in [0, 0.1) is 5.92 Å². The van der Waals surface area contributed by atoms with E-state index in [0.717, 1.165) is 52.2 Å². The molecule has 3 atom stereocenters. The Bertz CT molecular complexity index is 564. The lowest BCUT2D eigenvalue weighted by molar-refractivity contribution is -0.136. The molecule has 0 saturated carbocycles. The summed E-state index contributed by atoms with van der Waals surface area (Å²) in [6, 6.07) is 10.9. The number of piperidine rings is 1. The van der Waals surface area contributed by atoms with Crippen LogP contribution in [0.15, 0.2) is 30.3 Å². The van der Waals surface area contributed by atoms with Crippen molar-refractivity contribution < 1.29 is 4.79 Å². The van der Waals surface area contributed by atoms with Crippen molar-refractivity contribution in [1.29, 1.82) is 0 Å². The van der Waals surface area contributed by atoms with E-state index < -0.39 is 0 Å². The Morgan fingerprint density at radius 3 is 2.60 bits per heavy atom. The van der Waals surface area contributed by atoms with Gasteiger partial charge in [-0.05, 0) is 18.5 Å². The first-order chi connectivity index (χ1) is 11.8. The highest BCUT2D eigenvalue weighted by atomic mass is 35.5. The molecule has 0 aromatic heterocycles. The summed E-state index contributed by atoms with van der Waals surface area (Å²) in [5.74, 6) is 0.631. The second kappa shape index (κ2) is 8.47. The van der Waals surface area contributed by atoms with Crippen molar-refractivity contribution in [3.8, 4) is 0 Å². The lowest BCUT2D eigenvalue weighted by Crippen LogP contribution is -2.55. The first kappa shape index (κ1) is 18.6. The SMILES string of the molecule is Cl.O=C(C1NNC2CCNCC21)N1CCN(Cc2ccccc2)CC1. The molecule has 3 saturated heterocycles. The average Bonchev–Trinajstić information content (AvgIpc) is 3.07. The van der Waals surface area contributed by atoms with Gasteiger partial charge in [0.05, 0.1) is 0 Å². The molecular formula is C18H28ClN5O. The number of hydrogen-bond acceptors (Lipinski definition) is 5. The molecule has 1 aromatic rings. The third kappa shape index (κ3) is 4.15. The maximum Gasteiger partial charge on any atom is 0.241 e. The van der Waals surface area contributed by atoms with Crippen LogP contribution in [0.1, 0.15) is 12.0 Å². The van der Waals surface area contributed by atoms with Crippen LogP contribution < -0.4 is 16.2 Å². The van der Waals surface area contributed by atoms with Crippen LogP contribution in [0.3, 0.4) is 0 Å². The van der Waals surface area contributed by atoms with Gasteiger partial charge in [0, 0.05) is 51.2 Å². The summed E-state index contributed by atoms with van der Waals surface area (Å²) in [5.41, 5.74) is 7.92. The van der Waals surface area contributed by atoms with Gasteiger partial charge < -0.3 is 10.2 Å². The van der Waals surface area contributed by atoms with E-state index in [1.165, 1.54) is 5.56 Å². The molecule has 3 aliphatic heterocycles. The van der Waals surface area contributed by atoms with Gasteiger partial charge in [-0.1, -0.05) is 30.3 Å². The van der Waals surface area contributed by atoms with Gasteiger partial charge in [-0.2, -0.15) is 0 Å². The number of nitrogens with one attached hydrogen (secondary N) is 3. The zero-order valence-electron chi connectivity index (χ0n) is 14.5. The smallest absolute Gasteiger partial charge is 0.241 e. The maximum absolute atomic E-state index is 12.9. The van der Waals surface area contributed by atoms with Crippen molar-refractivity contribution in [1.82, 2.24) is 26.0 Å². The molecule has 25 heavy (non-hydrogen) atoms. The normalized spacial score (nSPS) is 29.8. The third-order valence-electron chi connectivity index (χ3n) is 5.58. The molecule has 3 unspecified atom stereocenters. The fraction of sp³-hybridized carbons (Fsp3) is 0.611. The molecule has 6 nitrogen and oxygen atoms in total.